The van der Waals surface area contributed by atoms with Gasteiger partial charge in [0.2, 0.25) is 17.8 Å². The highest BCUT2D eigenvalue weighted by Crippen LogP contribution is 2.16. The predicted molar refractivity (Wildman–Crippen MR) is 70.8 cm³/mol. The van der Waals surface area contributed by atoms with Crippen LogP contribution in [0.1, 0.15) is 13.8 Å². The van der Waals surface area contributed by atoms with E-state index >= 15 is 0 Å². The quantitative estimate of drug-likeness (QED) is 0.816. The fraction of sp³-hybridized carbons (Fsp3) is 0.727. The Bertz CT molecular complexity index is 389. The number of hydrogen-bond donors (Lipinski definition) is 1. The van der Waals surface area contributed by atoms with Crippen LogP contribution in [-0.2, 0) is 4.74 Å². The number of rotatable bonds is 4. The molecule has 1 fully saturated rings. The number of ether oxygens (including phenoxy) is 1. The highest BCUT2D eigenvalue weighted by Gasteiger charge is 2.17. The second-order valence-corrected chi connectivity index (χ2v) is 4.07. The lowest BCUT2D eigenvalue weighted by atomic mass is 10.4. The van der Waals surface area contributed by atoms with Gasteiger partial charge in [-0.15, -0.1) is 0 Å². The standard InChI is InChI=1S/C11H20N6O/c1-3-16(4-2)10-13-9(12)14-11(15-10)17-5-7-18-8-6-17/h3-8H2,1-2H3,(H2,12,13,14,15). The molecule has 1 aromatic heterocycles. The van der Waals surface area contributed by atoms with Crippen molar-refractivity contribution in [1.82, 2.24) is 15.0 Å². The molecule has 0 aliphatic carbocycles. The van der Waals surface area contributed by atoms with E-state index in [1.54, 1.807) is 0 Å². The minimum atomic E-state index is 0.272. The van der Waals surface area contributed by atoms with Crippen molar-refractivity contribution in [2.24, 2.45) is 0 Å². The molecular weight excluding hydrogens is 232 g/mol. The van der Waals surface area contributed by atoms with Gasteiger partial charge in [0.1, 0.15) is 0 Å². The van der Waals surface area contributed by atoms with E-state index < -0.39 is 0 Å². The van der Waals surface area contributed by atoms with Gasteiger partial charge >= 0.3 is 0 Å². The maximum atomic E-state index is 5.77. The fourth-order valence-electron chi connectivity index (χ4n) is 1.92. The molecule has 7 nitrogen and oxygen atoms in total. The van der Waals surface area contributed by atoms with Crippen LogP contribution in [-0.4, -0.2) is 54.3 Å². The first-order chi connectivity index (χ1) is 8.74. The highest BCUT2D eigenvalue weighted by molar-refractivity contribution is 5.43. The van der Waals surface area contributed by atoms with Gasteiger partial charge in [-0.3, -0.25) is 0 Å². The number of morpholine rings is 1. The average molecular weight is 252 g/mol. The molecule has 0 radical (unpaired) electrons. The number of nitrogen functional groups attached to an aromatic ring is 1. The Hall–Kier alpha value is -1.63. The van der Waals surface area contributed by atoms with Crippen molar-refractivity contribution < 1.29 is 4.74 Å². The first-order valence-corrected chi connectivity index (χ1v) is 6.33. The fourth-order valence-corrected chi connectivity index (χ4v) is 1.92. The van der Waals surface area contributed by atoms with Gasteiger partial charge in [-0.25, -0.2) is 0 Å². The van der Waals surface area contributed by atoms with Crippen molar-refractivity contribution in [3.63, 3.8) is 0 Å². The minimum absolute atomic E-state index is 0.272. The van der Waals surface area contributed by atoms with E-state index in [4.69, 9.17) is 10.5 Å². The molecule has 100 valence electrons. The second-order valence-electron chi connectivity index (χ2n) is 4.07. The van der Waals surface area contributed by atoms with E-state index in [1.807, 2.05) is 0 Å². The van der Waals surface area contributed by atoms with Crippen LogP contribution in [0.3, 0.4) is 0 Å². The number of nitrogens with two attached hydrogens (primary N) is 1. The van der Waals surface area contributed by atoms with Crippen LogP contribution >= 0.6 is 0 Å². The first kappa shape index (κ1) is 12.8. The number of aromatic nitrogens is 3. The molecule has 1 aliphatic heterocycles. The van der Waals surface area contributed by atoms with Crippen molar-refractivity contribution in [2.45, 2.75) is 13.8 Å². The monoisotopic (exact) mass is 252 g/mol. The molecule has 1 saturated heterocycles. The van der Waals surface area contributed by atoms with Gasteiger partial charge in [0.25, 0.3) is 0 Å². The summed E-state index contributed by atoms with van der Waals surface area (Å²) in [6, 6.07) is 0. The van der Waals surface area contributed by atoms with E-state index in [1.165, 1.54) is 0 Å². The number of nitrogens with zero attached hydrogens (tertiary/aromatic N) is 5. The Balaban J connectivity index is 2.24. The van der Waals surface area contributed by atoms with E-state index in [0.717, 1.165) is 26.2 Å². The van der Waals surface area contributed by atoms with Gasteiger partial charge in [0, 0.05) is 26.2 Å². The lowest BCUT2D eigenvalue weighted by Gasteiger charge is -2.28. The average Bonchev–Trinajstić information content (AvgIpc) is 2.40. The van der Waals surface area contributed by atoms with E-state index in [-0.39, 0.29) is 5.95 Å². The zero-order chi connectivity index (χ0) is 13.0. The summed E-state index contributed by atoms with van der Waals surface area (Å²) in [7, 11) is 0. The van der Waals surface area contributed by atoms with Crippen LogP contribution in [0.2, 0.25) is 0 Å². The lowest BCUT2D eigenvalue weighted by molar-refractivity contribution is 0.122. The maximum Gasteiger partial charge on any atom is 0.232 e. The van der Waals surface area contributed by atoms with Crippen molar-refractivity contribution >= 4 is 17.8 Å². The van der Waals surface area contributed by atoms with Crippen molar-refractivity contribution in [1.29, 1.82) is 0 Å². The molecule has 0 unspecified atom stereocenters. The Morgan fingerprint density at radius 3 is 2.44 bits per heavy atom. The normalized spacial score (nSPS) is 15.8. The highest BCUT2D eigenvalue weighted by atomic mass is 16.5. The molecule has 1 aromatic rings. The molecule has 7 heteroatoms. The molecule has 0 spiro atoms. The largest absolute Gasteiger partial charge is 0.378 e. The van der Waals surface area contributed by atoms with Crippen LogP contribution in [0.5, 0.6) is 0 Å². The topological polar surface area (TPSA) is 80.4 Å². The Morgan fingerprint density at radius 1 is 1.17 bits per heavy atom. The molecular formula is C11H20N6O. The van der Waals surface area contributed by atoms with Crippen LogP contribution in [0, 0.1) is 0 Å². The van der Waals surface area contributed by atoms with Gasteiger partial charge in [-0.05, 0) is 13.8 Å². The summed E-state index contributed by atoms with van der Waals surface area (Å²) in [6.07, 6.45) is 0. The molecule has 0 atom stereocenters. The third-order valence-electron chi connectivity index (χ3n) is 2.97. The van der Waals surface area contributed by atoms with Gasteiger partial charge in [0.05, 0.1) is 13.2 Å². The summed E-state index contributed by atoms with van der Waals surface area (Å²) < 4.78 is 5.32. The Morgan fingerprint density at radius 2 is 1.83 bits per heavy atom. The lowest BCUT2D eigenvalue weighted by Crippen LogP contribution is -2.38. The molecule has 1 aliphatic rings. The Kier molecular flexibility index (Phi) is 4.14. The number of hydrogen-bond acceptors (Lipinski definition) is 7. The summed E-state index contributed by atoms with van der Waals surface area (Å²) >= 11 is 0. The SMILES string of the molecule is CCN(CC)c1nc(N)nc(N2CCOCC2)n1. The molecule has 2 rings (SSSR count). The van der Waals surface area contributed by atoms with Crippen LogP contribution in [0.25, 0.3) is 0 Å². The van der Waals surface area contributed by atoms with E-state index in [0.29, 0.717) is 25.1 Å². The summed E-state index contributed by atoms with van der Waals surface area (Å²) in [5, 5.41) is 0. The molecule has 0 aromatic carbocycles. The molecule has 2 N–H and O–H groups in total. The predicted octanol–water partition coefficient (Wildman–Crippen LogP) is 0.137. The summed E-state index contributed by atoms with van der Waals surface area (Å²) in [6.45, 7) is 8.82. The molecule has 18 heavy (non-hydrogen) atoms. The van der Waals surface area contributed by atoms with Gasteiger partial charge in [-0.2, -0.15) is 15.0 Å². The van der Waals surface area contributed by atoms with E-state index in [2.05, 4.69) is 38.6 Å². The Labute approximate surface area is 107 Å². The van der Waals surface area contributed by atoms with Crippen LogP contribution in [0.4, 0.5) is 17.8 Å². The van der Waals surface area contributed by atoms with Crippen molar-refractivity contribution in [3.05, 3.63) is 0 Å². The molecule has 0 saturated carbocycles. The summed E-state index contributed by atoms with van der Waals surface area (Å²) in [5.74, 6) is 1.56. The first-order valence-electron chi connectivity index (χ1n) is 6.33. The molecule has 0 amide bonds. The maximum absolute atomic E-state index is 5.77. The zero-order valence-electron chi connectivity index (χ0n) is 11.0. The van der Waals surface area contributed by atoms with Gasteiger partial charge in [-0.1, -0.05) is 0 Å². The van der Waals surface area contributed by atoms with Crippen molar-refractivity contribution in [3.8, 4) is 0 Å². The molecule has 2 heterocycles. The molecule has 0 bridgehead atoms. The minimum Gasteiger partial charge on any atom is -0.378 e. The smallest absolute Gasteiger partial charge is 0.232 e. The second kappa shape index (κ2) is 5.81. The van der Waals surface area contributed by atoms with E-state index in [9.17, 15) is 0 Å². The number of anilines is 3. The summed E-state index contributed by atoms with van der Waals surface area (Å²) in [4.78, 5) is 17.0. The van der Waals surface area contributed by atoms with Crippen molar-refractivity contribution in [2.75, 3.05) is 54.9 Å². The van der Waals surface area contributed by atoms with Gasteiger partial charge in [0.15, 0.2) is 0 Å². The zero-order valence-corrected chi connectivity index (χ0v) is 11.0. The summed E-state index contributed by atoms with van der Waals surface area (Å²) in [5.41, 5.74) is 5.77. The van der Waals surface area contributed by atoms with Crippen LogP contribution < -0.4 is 15.5 Å². The third-order valence-corrected chi connectivity index (χ3v) is 2.97. The third kappa shape index (κ3) is 2.79. The van der Waals surface area contributed by atoms with Crippen LogP contribution in [0.15, 0.2) is 0 Å². The van der Waals surface area contributed by atoms with Gasteiger partial charge < -0.3 is 20.3 Å².